The molecular weight excluding hydrogens is 367 g/mol. The van der Waals surface area contributed by atoms with Gasteiger partial charge in [0.2, 0.25) is 15.8 Å². The number of hydrogen-bond acceptors (Lipinski definition) is 6. The van der Waals surface area contributed by atoms with Crippen LogP contribution in [0.2, 0.25) is 0 Å². The Labute approximate surface area is 159 Å². The Morgan fingerprint density at radius 2 is 1.63 bits per heavy atom. The van der Waals surface area contributed by atoms with Gasteiger partial charge in [0.15, 0.2) is 5.03 Å². The molecule has 0 N–H and O–H groups in total. The maximum absolute atomic E-state index is 13.3. The van der Waals surface area contributed by atoms with Crippen LogP contribution in [0.4, 0.5) is 10.3 Å². The molecule has 1 aromatic carbocycles. The highest BCUT2D eigenvalue weighted by Crippen LogP contribution is 2.31. The van der Waals surface area contributed by atoms with E-state index in [1.807, 2.05) is 0 Å². The summed E-state index contributed by atoms with van der Waals surface area (Å²) in [7, 11) is -1.76. The van der Waals surface area contributed by atoms with E-state index in [2.05, 4.69) is 21.8 Å². The Bertz CT molecular complexity index is 939. The van der Waals surface area contributed by atoms with Gasteiger partial charge in [0.1, 0.15) is 5.82 Å². The van der Waals surface area contributed by atoms with Crippen LogP contribution >= 0.6 is 0 Å². The van der Waals surface area contributed by atoms with Gasteiger partial charge in [-0.05, 0) is 57.0 Å². The number of benzene rings is 1. The van der Waals surface area contributed by atoms with Crippen LogP contribution in [0.1, 0.15) is 24.1 Å². The van der Waals surface area contributed by atoms with E-state index in [0.717, 1.165) is 56.7 Å². The topological polar surface area (TPSA) is 66.4 Å². The van der Waals surface area contributed by atoms with E-state index in [0.29, 0.717) is 12.4 Å². The fraction of sp³-hybridized carbons (Fsp3) is 0.474. The standard InChI is InChI=1S/C19H23FN4O2S/c1-23-10-12-24(13-11-23)19-21-17-5-3-2-4-16(17)18(22-19)27(25,26)15-8-6-14(20)7-9-15/h6-9H,2-5,10-13H2,1H3. The number of anilines is 1. The second-order valence-electron chi connectivity index (χ2n) is 7.21. The lowest BCUT2D eigenvalue weighted by atomic mass is 9.97. The molecule has 1 aliphatic carbocycles. The van der Waals surface area contributed by atoms with Crippen LogP contribution in [0.5, 0.6) is 0 Å². The van der Waals surface area contributed by atoms with Gasteiger partial charge >= 0.3 is 0 Å². The van der Waals surface area contributed by atoms with Gasteiger partial charge in [0, 0.05) is 31.7 Å². The van der Waals surface area contributed by atoms with E-state index in [1.54, 1.807) is 0 Å². The molecule has 27 heavy (non-hydrogen) atoms. The average molecular weight is 390 g/mol. The maximum atomic E-state index is 13.3. The number of halogens is 1. The van der Waals surface area contributed by atoms with Crippen molar-refractivity contribution < 1.29 is 12.8 Å². The predicted octanol–water partition coefficient (Wildman–Crippen LogP) is 2.08. The third-order valence-corrected chi connectivity index (χ3v) is 7.04. The van der Waals surface area contributed by atoms with Gasteiger partial charge in [-0.3, -0.25) is 0 Å². The van der Waals surface area contributed by atoms with Crippen molar-refractivity contribution in [3.8, 4) is 0 Å². The summed E-state index contributed by atoms with van der Waals surface area (Å²) < 4.78 is 39.8. The number of nitrogens with zero attached hydrogens (tertiary/aromatic N) is 4. The first-order valence-corrected chi connectivity index (χ1v) is 10.8. The first-order valence-electron chi connectivity index (χ1n) is 9.29. The molecule has 144 valence electrons. The summed E-state index contributed by atoms with van der Waals surface area (Å²) in [6.45, 7) is 3.32. The van der Waals surface area contributed by atoms with E-state index in [9.17, 15) is 12.8 Å². The Balaban J connectivity index is 1.81. The Morgan fingerprint density at radius 1 is 0.963 bits per heavy atom. The SMILES string of the molecule is CN1CCN(c2nc3c(c(S(=O)(=O)c4ccc(F)cc4)n2)CCCC3)CC1. The number of aryl methyl sites for hydroxylation is 1. The molecule has 0 radical (unpaired) electrons. The fourth-order valence-electron chi connectivity index (χ4n) is 3.64. The van der Waals surface area contributed by atoms with Crippen molar-refractivity contribution in [2.24, 2.45) is 0 Å². The van der Waals surface area contributed by atoms with Crippen molar-refractivity contribution in [1.82, 2.24) is 14.9 Å². The van der Waals surface area contributed by atoms with Crippen molar-refractivity contribution in [1.29, 1.82) is 0 Å². The summed E-state index contributed by atoms with van der Waals surface area (Å²) in [6.07, 6.45) is 3.36. The van der Waals surface area contributed by atoms with Gasteiger partial charge < -0.3 is 9.80 Å². The summed E-state index contributed by atoms with van der Waals surface area (Å²) in [4.78, 5) is 13.6. The van der Waals surface area contributed by atoms with Crippen molar-refractivity contribution in [2.45, 2.75) is 35.6 Å². The van der Waals surface area contributed by atoms with E-state index >= 15 is 0 Å². The first kappa shape index (κ1) is 18.3. The summed E-state index contributed by atoms with van der Waals surface area (Å²) >= 11 is 0. The summed E-state index contributed by atoms with van der Waals surface area (Å²) in [6, 6.07) is 4.94. The molecule has 6 nitrogen and oxygen atoms in total. The van der Waals surface area contributed by atoms with Crippen molar-refractivity contribution in [2.75, 3.05) is 38.1 Å². The molecule has 0 atom stereocenters. The molecule has 4 rings (SSSR count). The van der Waals surface area contributed by atoms with Crippen LogP contribution in [-0.4, -0.2) is 56.5 Å². The summed E-state index contributed by atoms with van der Waals surface area (Å²) in [5.41, 5.74) is 1.56. The average Bonchev–Trinajstić information content (AvgIpc) is 2.68. The van der Waals surface area contributed by atoms with Gasteiger partial charge in [-0.2, -0.15) is 0 Å². The quantitative estimate of drug-likeness (QED) is 0.591. The predicted molar refractivity (Wildman–Crippen MR) is 100 cm³/mol. The second-order valence-corrected chi connectivity index (χ2v) is 9.07. The number of rotatable bonds is 3. The van der Waals surface area contributed by atoms with Crippen LogP contribution < -0.4 is 4.90 Å². The van der Waals surface area contributed by atoms with Crippen molar-refractivity contribution >= 4 is 15.8 Å². The Hall–Kier alpha value is -2.06. The number of aromatic nitrogens is 2. The second kappa shape index (κ2) is 7.16. The molecule has 2 aliphatic rings. The zero-order valence-electron chi connectivity index (χ0n) is 15.4. The molecule has 1 fully saturated rings. The van der Waals surface area contributed by atoms with E-state index < -0.39 is 15.7 Å². The lowest BCUT2D eigenvalue weighted by Gasteiger charge is -2.33. The monoisotopic (exact) mass is 390 g/mol. The summed E-state index contributed by atoms with van der Waals surface area (Å²) in [5, 5.41) is 0.0905. The maximum Gasteiger partial charge on any atom is 0.226 e. The molecule has 2 aromatic rings. The molecule has 2 heterocycles. The van der Waals surface area contributed by atoms with Gasteiger partial charge in [-0.25, -0.2) is 22.8 Å². The minimum atomic E-state index is -3.82. The Kier molecular flexibility index (Phi) is 4.86. The third kappa shape index (κ3) is 3.55. The summed E-state index contributed by atoms with van der Waals surface area (Å²) in [5.74, 6) is 0.0289. The highest BCUT2D eigenvalue weighted by molar-refractivity contribution is 7.91. The molecular formula is C19H23FN4O2S. The van der Waals surface area contributed by atoms with Crippen molar-refractivity contribution in [3.05, 3.63) is 41.3 Å². The van der Waals surface area contributed by atoms with Gasteiger partial charge in [0.05, 0.1) is 10.6 Å². The minimum absolute atomic E-state index is 0.0692. The molecule has 1 aliphatic heterocycles. The molecule has 0 spiro atoms. The molecule has 1 aromatic heterocycles. The zero-order valence-corrected chi connectivity index (χ0v) is 16.2. The number of fused-ring (bicyclic) bond motifs is 1. The molecule has 0 amide bonds. The van der Waals surface area contributed by atoms with Crippen LogP contribution in [0.3, 0.4) is 0 Å². The highest BCUT2D eigenvalue weighted by atomic mass is 32.2. The van der Waals surface area contributed by atoms with Crippen LogP contribution in [0.25, 0.3) is 0 Å². The minimum Gasteiger partial charge on any atom is -0.338 e. The van der Waals surface area contributed by atoms with Gasteiger partial charge in [-0.15, -0.1) is 0 Å². The lowest BCUT2D eigenvalue weighted by Crippen LogP contribution is -2.45. The number of sulfone groups is 1. The Morgan fingerprint density at radius 3 is 2.33 bits per heavy atom. The number of likely N-dealkylation sites (N-methyl/N-ethyl adjacent to an activating group) is 1. The first-order chi connectivity index (χ1) is 12.9. The van der Waals surface area contributed by atoms with Crippen LogP contribution in [0, 0.1) is 5.82 Å². The smallest absolute Gasteiger partial charge is 0.226 e. The third-order valence-electron chi connectivity index (χ3n) is 5.30. The molecule has 0 saturated carbocycles. The highest BCUT2D eigenvalue weighted by Gasteiger charge is 2.30. The van der Waals surface area contributed by atoms with Gasteiger partial charge in [-0.1, -0.05) is 0 Å². The van der Waals surface area contributed by atoms with Gasteiger partial charge in [0.25, 0.3) is 0 Å². The van der Waals surface area contributed by atoms with Crippen LogP contribution in [0.15, 0.2) is 34.2 Å². The normalized spacial score (nSPS) is 18.4. The number of piperazine rings is 1. The fourth-order valence-corrected chi connectivity index (χ4v) is 5.11. The number of hydrogen-bond donors (Lipinski definition) is 0. The lowest BCUT2D eigenvalue weighted by molar-refractivity contribution is 0.310. The van der Waals surface area contributed by atoms with E-state index in [-0.39, 0.29) is 9.92 Å². The molecule has 8 heteroatoms. The zero-order chi connectivity index (χ0) is 19.0. The van der Waals surface area contributed by atoms with E-state index in [4.69, 9.17) is 4.98 Å². The van der Waals surface area contributed by atoms with E-state index in [1.165, 1.54) is 24.3 Å². The van der Waals surface area contributed by atoms with Crippen LogP contribution in [-0.2, 0) is 22.7 Å². The molecule has 0 bridgehead atoms. The molecule has 1 saturated heterocycles. The van der Waals surface area contributed by atoms with Crippen molar-refractivity contribution in [3.63, 3.8) is 0 Å². The largest absolute Gasteiger partial charge is 0.338 e. The molecule has 0 unspecified atom stereocenters.